The Morgan fingerprint density at radius 3 is 1.86 bits per heavy atom. The van der Waals surface area contributed by atoms with E-state index in [1.165, 1.54) is 12.7 Å². The van der Waals surface area contributed by atoms with Crippen LogP contribution in [0.5, 0.6) is 11.5 Å². The maximum atomic E-state index is 11.2. The molecular formula is C33H36N4O6. The standard InChI is InChI=1S/C33H36N4O6/c38-32(39)10-6-14-43-31-9-5-8-24(30(31)11-12-33(40)41)7-3-1-2-4-13-42-29-16-25(27-18-34-22-35-19-27)15-26(17-29)28-20-36-23-37-21-28/h5,8-9,15-23H,1-4,6-7,10-14H2,(H,38,39)(H,40,41). The number of unbranched alkanes of at least 4 members (excludes halogenated alkanes) is 3. The first-order valence-corrected chi connectivity index (χ1v) is 14.5. The monoisotopic (exact) mass is 584 g/mol. The summed E-state index contributed by atoms with van der Waals surface area (Å²) in [5.41, 5.74) is 5.65. The van der Waals surface area contributed by atoms with Crippen molar-refractivity contribution in [3.63, 3.8) is 0 Å². The lowest BCUT2D eigenvalue weighted by Crippen LogP contribution is -2.07. The molecule has 0 fully saturated rings. The second kappa shape index (κ2) is 16.5. The second-order valence-corrected chi connectivity index (χ2v) is 10.1. The Kier molecular flexibility index (Phi) is 12.0. The van der Waals surface area contributed by atoms with Gasteiger partial charge in [0.25, 0.3) is 0 Å². The number of carboxylic acids is 2. The number of hydrogen-bond donors (Lipinski definition) is 2. The lowest BCUT2D eigenvalue weighted by atomic mass is 9.97. The van der Waals surface area contributed by atoms with Gasteiger partial charge in [-0.3, -0.25) is 9.59 Å². The van der Waals surface area contributed by atoms with Gasteiger partial charge in [0.2, 0.25) is 0 Å². The minimum absolute atomic E-state index is 0.0113. The van der Waals surface area contributed by atoms with E-state index in [0.717, 1.165) is 71.2 Å². The quantitative estimate of drug-likeness (QED) is 0.133. The third kappa shape index (κ3) is 10.2. The van der Waals surface area contributed by atoms with Crippen LogP contribution in [-0.4, -0.2) is 55.3 Å². The highest BCUT2D eigenvalue weighted by Gasteiger charge is 2.12. The van der Waals surface area contributed by atoms with Crippen LogP contribution in [0, 0.1) is 0 Å². The van der Waals surface area contributed by atoms with Gasteiger partial charge in [-0.25, -0.2) is 19.9 Å². The third-order valence-electron chi connectivity index (χ3n) is 6.91. The maximum Gasteiger partial charge on any atom is 0.303 e. The SMILES string of the molecule is O=C(O)CCCOc1cccc(CCCCCCOc2cc(-c3cncnc3)cc(-c3cncnc3)c2)c1CCC(=O)O. The first-order chi connectivity index (χ1) is 21.0. The minimum atomic E-state index is -0.864. The van der Waals surface area contributed by atoms with Gasteiger partial charge in [-0.05, 0) is 78.6 Å². The number of carboxylic acid groups (broad SMARTS) is 2. The van der Waals surface area contributed by atoms with Crippen molar-refractivity contribution in [2.75, 3.05) is 13.2 Å². The smallest absolute Gasteiger partial charge is 0.303 e. The Bertz CT molecular complexity index is 1410. The largest absolute Gasteiger partial charge is 0.494 e. The summed E-state index contributed by atoms with van der Waals surface area (Å²) in [5, 5.41) is 18.1. The van der Waals surface area contributed by atoms with Crippen LogP contribution in [0.4, 0.5) is 0 Å². The molecule has 10 nitrogen and oxygen atoms in total. The van der Waals surface area contributed by atoms with Crippen molar-refractivity contribution in [3.8, 4) is 33.8 Å². The van der Waals surface area contributed by atoms with Crippen LogP contribution in [0.25, 0.3) is 22.3 Å². The highest BCUT2D eigenvalue weighted by molar-refractivity contribution is 5.74. The lowest BCUT2D eigenvalue weighted by Gasteiger charge is -2.15. The topological polar surface area (TPSA) is 145 Å². The van der Waals surface area contributed by atoms with Gasteiger partial charge in [0.05, 0.1) is 13.2 Å². The molecule has 0 radical (unpaired) electrons. The van der Waals surface area contributed by atoms with E-state index in [0.29, 0.717) is 25.2 Å². The summed E-state index contributed by atoms with van der Waals surface area (Å²) in [7, 11) is 0. The number of aryl methyl sites for hydroxylation is 1. The van der Waals surface area contributed by atoms with Gasteiger partial charge in [0.1, 0.15) is 24.2 Å². The maximum absolute atomic E-state index is 11.2. The zero-order chi connectivity index (χ0) is 30.3. The van der Waals surface area contributed by atoms with Gasteiger partial charge < -0.3 is 19.7 Å². The number of carbonyl (C=O) groups is 2. The summed E-state index contributed by atoms with van der Waals surface area (Å²) >= 11 is 0. The van der Waals surface area contributed by atoms with Crippen LogP contribution in [-0.2, 0) is 22.4 Å². The Labute approximate surface area is 250 Å². The lowest BCUT2D eigenvalue weighted by molar-refractivity contribution is -0.138. The molecule has 0 amide bonds. The molecule has 0 aliphatic rings. The molecule has 4 rings (SSSR count). The van der Waals surface area contributed by atoms with E-state index in [-0.39, 0.29) is 19.4 Å². The predicted octanol–water partition coefficient (Wildman–Crippen LogP) is 6.04. The van der Waals surface area contributed by atoms with Crippen LogP contribution >= 0.6 is 0 Å². The Balaban J connectivity index is 1.29. The first kappa shape index (κ1) is 31.1. The molecule has 224 valence electrons. The summed E-state index contributed by atoms with van der Waals surface area (Å²) in [6.45, 7) is 0.849. The molecule has 0 saturated carbocycles. The summed E-state index contributed by atoms with van der Waals surface area (Å²) < 4.78 is 12.0. The van der Waals surface area contributed by atoms with E-state index >= 15 is 0 Å². The molecule has 2 aromatic carbocycles. The fourth-order valence-electron chi connectivity index (χ4n) is 4.77. The number of aliphatic carboxylic acids is 2. The van der Waals surface area contributed by atoms with Gasteiger partial charge in [0.15, 0.2) is 0 Å². The van der Waals surface area contributed by atoms with Crippen LogP contribution < -0.4 is 9.47 Å². The van der Waals surface area contributed by atoms with E-state index in [2.05, 4.69) is 19.9 Å². The number of aromatic nitrogens is 4. The molecule has 43 heavy (non-hydrogen) atoms. The van der Waals surface area contributed by atoms with Crippen molar-refractivity contribution in [3.05, 3.63) is 85.0 Å². The summed E-state index contributed by atoms with van der Waals surface area (Å²) in [6, 6.07) is 11.8. The molecular weight excluding hydrogens is 548 g/mol. The van der Waals surface area contributed by atoms with E-state index in [4.69, 9.17) is 14.6 Å². The summed E-state index contributed by atoms with van der Waals surface area (Å²) in [5.74, 6) is -0.332. The Hall–Kier alpha value is -4.86. The average molecular weight is 585 g/mol. The first-order valence-electron chi connectivity index (χ1n) is 14.5. The van der Waals surface area contributed by atoms with Crippen molar-refractivity contribution in [1.29, 1.82) is 0 Å². The van der Waals surface area contributed by atoms with E-state index < -0.39 is 11.9 Å². The summed E-state index contributed by atoms with van der Waals surface area (Å²) in [4.78, 5) is 38.6. The molecule has 0 saturated heterocycles. The predicted molar refractivity (Wildman–Crippen MR) is 161 cm³/mol. The van der Waals surface area contributed by atoms with Crippen molar-refractivity contribution in [2.24, 2.45) is 0 Å². The molecule has 0 aliphatic carbocycles. The van der Waals surface area contributed by atoms with E-state index in [9.17, 15) is 14.7 Å². The Morgan fingerprint density at radius 1 is 0.628 bits per heavy atom. The fraction of sp³-hybridized carbons (Fsp3) is 0.333. The van der Waals surface area contributed by atoms with Crippen LogP contribution in [0.2, 0.25) is 0 Å². The average Bonchev–Trinajstić information content (AvgIpc) is 3.02. The second-order valence-electron chi connectivity index (χ2n) is 10.1. The van der Waals surface area contributed by atoms with Gasteiger partial charge in [-0.2, -0.15) is 0 Å². The highest BCUT2D eigenvalue weighted by Crippen LogP contribution is 2.31. The van der Waals surface area contributed by atoms with Crippen LogP contribution in [0.15, 0.2) is 73.8 Å². The molecule has 2 aromatic heterocycles. The minimum Gasteiger partial charge on any atom is -0.494 e. The molecule has 0 bridgehead atoms. The van der Waals surface area contributed by atoms with E-state index in [1.807, 2.05) is 36.4 Å². The zero-order valence-corrected chi connectivity index (χ0v) is 24.0. The number of hydrogen-bond acceptors (Lipinski definition) is 8. The van der Waals surface area contributed by atoms with Crippen LogP contribution in [0.1, 0.15) is 56.1 Å². The number of ether oxygens (including phenoxy) is 2. The highest BCUT2D eigenvalue weighted by atomic mass is 16.5. The molecule has 2 N–H and O–H groups in total. The number of rotatable bonds is 18. The molecule has 0 atom stereocenters. The van der Waals surface area contributed by atoms with Gasteiger partial charge in [-0.1, -0.05) is 25.0 Å². The van der Waals surface area contributed by atoms with Crippen LogP contribution in [0.3, 0.4) is 0 Å². The van der Waals surface area contributed by atoms with Crippen molar-refractivity contribution >= 4 is 11.9 Å². The molecule has 4 aromatic rings. The van der Waals surface area contributed by atoms with Crippen molar-refractivity contribution in [2.45, 2.75) is 57.8 Å². The van der Waals surface area contributed by atoms with E-state index in [1.54, 1.807) is 24.8 Å². The van der Waals surface area contributed by atoms with Crippen molar-refractivity contribution in [1.82, 2.24) is 19.9 Å². The van der Waals surface area contributed by atoms with Gasteiger partial charge in [0, 0.05) is 48.8 Å². The normalized spacial score (nSPS) is 10.8. The molecule has 0 aliphatic heterocycles. The molecule has 0 unspecified atom stereocenters. The molecule has 0 spiro atoms. The summed E-state index contributed by atoms with van der Waals surface area (Å²) in [6.07, 6.45) is 15.5. The Morgan fingerprint density at radius 2 is 1.23 bits per heavy atom. The molecule has 2 heterocycles. The molecule has 10 heteroatoms. The zero-order valence-electron chi connectivity index (χ0n) is 24.0. The third-order valence-corrected chi connectivity index (χ3v) is 6.91. The number of nitrogens with zero attached hydrogens (tertiary/aromatic N) is 4. The van der Waals surface area contributed by atoms with Gasteiger partial charge in [-0.15, -0.1) is 0 Å². The fourth-order valence-corrected chi connectivity index (χ4v) is 4.77. The van der Waals surface area contributed by atoms with Gasteiger partial charge >= 0.3 is 11.9 Å². The number of benzene rings is 2. The van der Waals surface area contributed by atoms with Crippen molar-refractivity contribution < 1.29 is 29.3 Å².